The van der Waals surface area contributed by atoms with Gasteiger partial charge in [-0.3, -0.25) is 0 Å². The number of aryl methyl sites for hydroxylation is 1. The smallest absolute Gasteiger partial charge is 0.333 e. The zero-order valence-electron chi connectivity index (χ0n) is 11.2. The molecular formula is C13H21N3O3. The number of imidazole rings is 1. The molecule has 2 atom stereocenters. The van der Waals surface area contributed by atoms with Crippen molar-refractivity contribution in [2.24, 2.45) is 0 Å². The Morgan fingerprint density at radius 2 is 2.58 bits per heavy atom. The Bertz CT molecular complexity index is 413. The van der Waals surface area contributed by atoms with E-state index in [1.807, 2.05) is 10.8 Å². The van der Waals surface area contributed by atoms with E-state index in [9.17, 15) is 9.90 Å². The molecule has 1 aliphatic heterocycles. The van der Waals surface area contributed by atoms with E-state index in [-0.39, 0.29) is 6.10 Å². The molecule has 0 aliphatic carbocycles. The lowest BCUT2D eigenvalue weighted by Gasteiger charge is -2.17. The zero-order valence-corrected chi connectivity index (χ0v) is 11.2. The number of aliphatic carboxylic acids is 1. The van der Waals surface area contributed by atoms with Crippen LogP contribution in [0.5, 0.6) is 0 Å². The van der Waals surface area contributed by atoms with Gasteiger partial charge in [0.2, 0.25) is 0 Å². The fourth-order valence-electron chi connectivity index (χ4n) is 2.25. The van der Waals surface area contributed by atoms with E-state index in [1.54, 1.807) is 6.33 Å². The van der Waals surface area contributed by atoms with Gasteiger partial charge in [-0.1, -0.05) is 6.92 Å². The van der Waals surface area contributed by atoms with Gasteiger partial charge in [-0.2, -0.15) is 0 Å². The van der Waals surface area contributed by atoms with Crippen molar-refractivity contribution in [2.75, 3.05) is 13.1 Å². The number of carboxylic acids is 1. The fraction of sp³-hybridized carbons (Fsp3) is 0.692. The number of nitrogens with zero attached hydrogens (tertiary/aromatic N) is 2. The predicted octanol–water partition coefficient (Wildman–Crippen LogP) is 0.667. The van der Waals surface area contributed by atoms with Crippen LogP contribution in [0.15, 0.2) is 12.5 Å². The van der Waals surface area contributed by atoms with Crippen LogP contribution in [0.1, 0.15) is 25.5 Å². The topological polar surface area (TPSA) is 76.4 Å². The zero-order chi connectivity index (χ0) is 13.7. The lowest BCUT2D eigenvalue weighted by atomic mass is 10.2. The molecule has 2 N–H and O–H groups in total. The standard InChI is InChI=1S/C13H21N3O3/c1-2-5-16-8-10(15-9-16)6-12(13(17)18)19-11-3-4-14-7-11/h8-9,11-12,14H,2-7H2,1H3,(H,17,18). The molecule has 1 aromatic rings. The number of carbonyl (C=O) groups is 1. The van der Waals surface area contributed by atoms with Gasteiger partial charge in [0, 0.05) is 25.7 Å². The van der Waals surface area contributed by atoms with E-state index in [0.29, 0.717) is 6.42 Å². The normalized spacial score (nSPS) is 20.6. The van der Waals surface area contributed by atoms with Crippen molar-refractivity contribution in [2.45, 2.75) is 44.9 Å². The molecule has 0 bridgehead atoms. The number of nitrogens with one attached hydrogen (secondary N) is 1. The Hall–Kier alpha value is -1.40. The second kappa shape index (κ2) is 6.68. The maximum absolute atomic E-state index is 11.2. The van der Waals surface area contributed by atoms with Crippen LogP contribution in [0.2, 0.25) is 0 Å². The summed E-state index contributed by atoms with van der Waals surface area (Å²) in [4.78, 5) is 15.5. The number of rotatable bonds is 7. The Morgan fingerprint density at radius 1 is 1.74 bits per heavy atom. The maximum Gasteiger partial charge on any atom is 0.333 e. The van der Waals surface area contributed by atoms with Crippen LogP contribution in [-0.2, 0) is 22.5 Å². The van der Waals surface area contributed by atoms with Crippen molar-refractivity contribution in [3.05, 3.63) is 18.2 Å². The summed E-state index contributed by atoms with van der Waals surface area (Å²) in [6.07, 6.45) is 5.05. The van der Waals surface area contributed by atoms with Crippen molar-refractivity contribution < 1.29 is 14.6 Å². The van der Waals surface area contributed by atoms with Crippen LogP contribution in [0.25, 0.3) is 0 Å². The Morgan fingerprint density at radius 3 is 3.21 bits per heavy atom. The summed E-state index contributed by atoms with van der Waals surface area (Å²) in [7, 11) is 0. The van der Waals surface area contributed by atoms with Gasteiger partial charge in [-0.05, 0) is 19.4 Å². The maximum atomic E-state index is 11.2. The van der Waals surface area contributed by atoms with Crippen LogP contribution >= 0.6 is 0 Å². The summed E-state index contributed by atoms with van der Waals surface area (Å²) in [5.41, 5.74) is 0.770. The van der Waals surface area contributed by atoms with Gasteiger partial charge in [0.05, 0.1) is 18.1 Å². The highest BCUT2D eigenvalue weighted by Gasteiger charge is 2.26. The largest absolute Gasteiger partial charge is 0.479 e. The number of aromatic nitrogens is 2. The van der Waals surface area contributed by atoms with E-state index in [1.165, 1.54) is 0 Å². The van der Waals surface area contributed by atoms with E-state index in [0.717, 1.165) is 38.2 Å². The van der Waals surface area contributed by atoms with Gasteiger partial charge in [0.25, 0.3) is 0 Å². The van der Waals surface area contributed by atoms with E-state index >= 15 is 0 Å². The second-order valence-corrected chi connectivity index (χ2v) is 4.88. The molecule has 0 radical (unpaired) electrons. The number of hydrogen-bond acceptors (Lipinski definition) is 4. The lowest BCUT2D eigenvalue weighted by molar-refractivity contribution is -0.153. The predicted molar refractivity (Wildman–Crippen MR) is 70.0 cm³/mol. The summed E-state index contributed by atoms with van der Waals surface area (Å²) in [5.74, 6) is -0.919. The first-order chi connectivity index (χ1) is 9.19. The number of ether oxygens (including phenoxy) is 1. The average molecular weight is 267 g/mol. The summed E-state index contributed by atoms with van der Waals surface area (Å²) >= 11 is 0. The van der Waals surface area contributed by atoms with Crippen LogP contribution < -0.4 is 5.32 Å². The summed E-state index contributed by atoms with van der Waals surface area (Å²) in [5, 5.41) is 12.4. The highest BCUT2D eigenvalue weighted by molar-refractivity contribution is 5.72. The average Bonchev–Trinajstić information content (AvgIpc) is 3.01. The van der Waals surface area contributed by atoms with Gasteiger partial charge >= 0.3 is 5.97 Å². The van der Waals surface area contributed by atoms with E-state index < -0.39 is 12.1 Å². The van der Waals surface area contributed by atoms with Crippen molar-refractivity contribution in [3.8, 4) is 0 Å². The molecule has 1 fully saturated rings. The summed E-state index contributed by atoms with van der Waals surface area (Å²) in [6, 6.07) is 0. The minimum absolute atomic E-state index is 0.00109. The van der Waals surface area contributed by atoms with Gasteiger partial charge < -0.3 is 19.7 Å². The molecular weight excluding hydrogens is 246 g/mol. The third-order valence-electron chi connectivity index (χ3n) is 3.21. The fourth-order valence-corrected chi connectivity index (χ4v) is 2.25. The van der Waals surface area contributed by atoms with Gasteiger partial charge in [-0.15, -0.1) is 0 Å². The Labute approximate surface area is 112 Å². The van der Waals surface area contributed by atoms with E-state index in [4.69, 9.17) is 4.74 Å². The molecule has 0 aromatic carbocycles. The molecule has 0 amide bonds. The van der Waals surface area contributed by atoms with Gasteiger partial charge in [-0.25, -0.2) is 9.78 Å². The highest BCUT2D eigenvalue weighted by atomic mass is 16.5. The molecule has 2 rings (SSSR count). The molecule has 2 heterocycles. The Kier molecular flexibility index (Phi) is 4.93. The quantitative estimate of drug-likeness (QED) is 0.759. The number of carboxylic acid groups (broad SMARTS) is 1. The molecule has 6 nitrogen and oxygen atoms in total. The van der Waals surface area contributed by atoms with Crippen LogP contribution in [0.4, 0.5) is 0 Å². The molecule has 6 heteroatoms. The summed E-state index contributed by atoms with van der Waals surface area (Å²) < 4.78 is 7.61. The Balaban J connectivity index is 1.92. The van der Waals surface area contributed by atoms with Crippen LogP contribution in [0.3, 0.4) is 0 Å². The number of hydrogen-bond donors (Lipinski definition) is 2. The summed E-state index contributed by atoms with van der Waals surface area (Å²) in [6.45, 7) is 4.62. The molecule has 1 aliphatic rings. The third-order valence-corrected chi connectivity index (χ3v) is 3.21. The van der Waals surface area contributed by atoms with Crippen LogP contribution in [-0.4, -0.2) is 45.9 Å². The van der Waals surface area contributed by atoms with Gasteiger partial charge in [0.15, 0.2) is 6.10 Å². The van der Waals surface area contributed by atoms with Crippen LogP contribution in [0, 0.1) is 0 Å². The molecule has 2 unspecified atom stereocenters. The minimum atomic E-state index is -0.919. The third kappa shape index (κ3) is 4.04. The van der Waals surface area contributed by atoms with Crippen molar-refractivity contribution in [1.82, 2.24) is 14.9 Å². The molecule has 1 saturated heterocycles. The minimum Gasteiger partial charge on any atom is -0.479 e. The van der Waals surface area contributed by atoms with Crippen molar-refractivity contribution >= 4 is 5.97 Å². The second-order valence-electron chi connectivity index (χ2n) is 4.88. The molecule has 0 spiro atoms. The molecule has 106 valence electrons. The van der Waals surface area contributed by atoms with Crippen molar-refractivity contribution in [3.63, 3.8) is 0 Å². The van der Waals surface area contributed by atoms with Gasteiger partial charge in [0.1, 0.15) is 0 Å². The lowest BCUT2D eigenvalue weighted by Crippen LogP contribution is -2.32. The monoisotopic (exact) mass is 267 g/mol. The first-order valence-electron chi connectivity index (χ1n) is 6.78. The highest BCUT2D eigenvalue weighted by Crippen LogP contribution is 2.11. The molecule has 0 saturated carbocycles. The molecule has 1 aromatic heterocycles. The first-order valence-corrected chi connectivity index (χ1v) is 6.78. The van der Waals surface area contributed by atoms with E-state index in [2.05, 4.69) is 17.2 Å². The first kappa shape index (κ1) is 14.0. The SMILES string of the molecule is CCCn1cnc(CC(OC2CCNC2)C(=O)O)c1. The van der Waals surface area contributed by atoms with Crippen molar-refractivity contribution in [1.29, 1.82) is 0 Å². The molecule has 19 heavy (non-hydrogen) atoms.